The van der Waals surface area contributed by atoms with Gasteiger partial charge in [-0.3, -0.25) is 4.79 Å². The van der Waals surface area contributed by atoms with E-state index in [1.807, 2.05) is 54.6 Å². The molecule has 0 amide bonds. The Balaban J connectivity index is 1.22. The van der Waals surface area contributed by atoms with Gasteiger partial charge in [0.2, 0.25) is 0 Å². The molecule has 1 saturated carbocycles. The Morgan fingerprint density at radius 3 is 2.38 bits per heavy atom. The third-order valence-electron chi connectivity index (χ3n) is 13.7. The minimum Gasteiger partial charge on any atom is -0.511 e. The van der Waals surface area contributed by atoms with Crippen LogP contribution in [0.3, 0.4) is 0 Å². The van der Waals surface area contributed by atoms with Crippen molar-refractivity contribution < 1.29 is 35.4 Å². The van der Waals surface area contributed by atoms with Crippen molar-refractivity contribution in [1.82, 2.24) is 0 Å². The Bertz CT molecular complexity index is 1980. The molecule has 0 unspecified atom stereocenters. The maximum atomic E-state index is 13.6. The van der Waals surface area contributed by atoms with E-state index in [9.17, 15) is 35.4 Å². The standard InChI is InChI=1S/C48H58O7/c49-30-33-18-17-31(25-33)9-3-1-2-4-11-34-13-8-16-41(46(52)53)44(47(54)55)48(24-23-37-28-36-12-5-6-15-40(36)45(51)43(37)29-48)38-14-7-10-32(26-38)27-42(34)35-19-21-39(50)22-20-35/h5-8,10,12,14-16,19-22,25-26,28,31,34,37,41-44,46,49-53H,1-4,9,11,13,17-18,23-24,27,29-30H2,(H,54,55)/b16-8+/t31-,34-,37+,41+,42-,43+,44+,48+/m0/s1. The number of benzene rings is 3. The van der Waals surface area contributed by atoms with Crippen LogP contribution in [-0.2, 0) is 16.6 Å². The summed E-state index contributed by atoms with van der Waals surface area (Å²) < 4.78 is 0. The van der Waals surface area contributed by atoms with Crippen LogP contribution in [0.4, 0.5) is 0 Å². The van der Waals surface area contributed by atoms with Crippen LogP contribution < -0.4 is 10.4 Å². The summed E-state index contributed by atoms with van der Waals surface area (Å²) in [6.07, 6.45) is 18.0. The normalized spacial score (nSPS) is 29.7. The van der Waals surface area contributed by atoms with Gasteiger partial charge in [-0.1, -0.05) is 111 Å². The number of hydrogen-bond donors (Lipinski definition) is 6. The summed E-state index contributed by atoms with van der Waals surface area (Å²) in [5.41, 5.74) is 3.30. The average Bonchev–Trinajstić information content (AvgIpc) is 3.65. The van der Waals surface area contributed by atoms with E-state index in [0.717, 1.165) is 84.9 Å². The molecule has 8 atom stereocenters. The van der Waals surface area contributed by atoms with Gasteiger partial charge in [0.15, 0.2) is 6.29 Å². The molecule has 0 saturated heterocycles. The lowest BCUT2D eigenvalue weighted by atomic mass is 9.53. The van der Waals surface area contributed by atoms with Gasteiger partial charge in [0.1, 0.15) is 11.5 Å². The first-order chi connectivity index (χ1) is 26.7. The molecule has 292 valence electrons. The fourth-order valence-corrected chi connectivity index (χ4v) is 10.8. The van der Waals surface area contributed by atoms with E-state index >= 15 is 0 Å². The Morgan fingerprint density at radius 2 is 1.64 bits per heavy atom. The van der Waals surface area contributed by atoms with E-state index < -0.39 is 29.5 Å². The van der Waals surface area contributed by atoms with Gasteiger partial charge in [0.25, 0.3) is 0 Å². The molecule has 4 aliphatic rings. The Labute approximate surface area is 325 Å². The molecule has 7 rings (SSSR count). The molecule has 3 aromatic carbocycles. The van der Waals surface area contributed by atoms with Crippen LogP contribution in [-0.4, -0.2) is 49.5 Å². The third-order valence-corrected chi connectivity index (χ3v) is 13.7. The molecule has 0 aliphatic heterocycles. The van der Waals surface area contributed by atoms with Crippen molar-refractivity contribution in [1.29, 1.82) is 0 Å². The van der Waals surface area contributed by atoms with Crippen LogP contribution in [0.2, 0.25) is 0 Å². The third kappa shape index (κ3) is 8.50. The SMILES string of the molecule is O=C(O)[C@H]1[C@H](C(O)O)/C=C/C[C@H](CCCCCC[C@@H]2C=C(CO)CC2)[C@@H](c2ccc(O)cc2)Cc2cccc(c2)[C@]12CC[C@@H]1C=c3ccccc3=C(O)[C@@H]1C2. The highest BCUT2D eigenvalue weighted by Gasteiger charge is 2.54. The Morgan fingerprint density at radius 1 is 0.855 bits per heavy atom. The number of rotatable bonds is 11. The zero-order valence-corrected chi connectivity index (χ0v) is 31.8. The first kappa shape index (κ1) is 39.1. The molecule has 2 bridgehead atoms. The molecule has 6 N–H and O–H groups in total. The number of carboxylic acids is 1. The number of phenolic OH excluding ortho intramolecular Hbond substituents is 1. The quantitative estimate of drug-likeness (QED) is 0.0683. The van der Waals surface area contributed by atoms with Gasteiger partial charge in [-0.2, -0.15) is 0 Å². The highest BCUT2D eigenvalue weighted by atomic mass is 16.5. The summed E-state index contributed by atoms with van der Waals surface area (Å²) in [6, 6.07) is 23.6. The predicted octanol–water partition coefficient (Wildman–Crippen LogP) is 7.41. The number of aliphatic carboxylic acids is 1. The minimum atomic E-state index is -1.89. The highest BCUT2D eigenvalue weighted by molar-refractivity contribution is 5.74. The molecule has 7 nitrogen and oxygen atoms in total. The van der Waals surface area contributed by atoms with Crippen molar-refractivity contribution in [3.63, 3.8) is 0 Å². The number of phenols is 1. The second kappa shape index (κ2) is 17.3. The fourth-order valence-electron chi connectivity index (χ4n) is 10.8. The molecule has 1 fully saturated rings. The van der Waals surface area contributed by atoms with Crippen LogP contribution in [0, 0.1) is 35.5 Å². The van der Waals surface area contributed by atoms with E-state index in [1.54, 1.807) is 18.2 Å². The molecule has 4 aliphatic carbocycles. The number of aliphatic hydroxyl groups excluding tert-OH is 3. The topological polar surface area (TPSA) is 138 Å². The smallest absolute Gasteiger partial charge is 0.308 e. The molecule has 3 aromatic rings. The summed E-state index contributed by atoms with van der Waals surface area (Å²) in [5, 5.41) is 66.3. The molecular weight excluding hydrogens is 689 g/mol. The number of carbonyl (C=O) groups is 1. The van der Waals surface area contributed by atoms with Gasteiger partial charge in [0.05, 0.1) is 12.5 Å². The van der Waals surface area contributed by atoms with Gasteiger partial charge in [0, 0.05) is 22.5 Å². The van der Waals surface area contributed by atoms with Crippen molar-refractivity contribution in [2.75, 3.05) is 6.61 Å². The number of allylic oxidation sites excluding steroid dienone is 2. The molecule has 7 heteroatoms. The summed E-state index contributed by atoms with van der Waals surface area (Å²) in [7, 11) is 0. The van der Waals surface area contributed by atoms with Crippen LogP contribution in [0.5, 0.6) is 5.75 Å². The van der Waals surface area contributed by atoms with Crippen LogP contribution >= 0.6 is 0 Å². The van der Waals surface area contributed by atoms with Gasteiger partial charge in [-0.25, -0.2) is 0 Å². The maximum absolute atomic E-state index is 13.6. The number of fused-ring (bicyclic) bond motifs is 5. The van der Waals surface area contributed by atoms with Crippen molar-refractivity contribution in [2.45, 2.75) is 101 Å². The van der Waals surface area contributed by atoms with Crippen LogP contribution in [0.15, 0.2) is 96.6 Å². The monoisotopic (exact) mass is 746 g/mol. The van der Waals surface area contributed by atoms with Crippen LogP contribution in [0.1, 0.15) is 99.7 Å². The average molecular weight is 747 g/mol. The molecular formula is C48H58O7. The summed E-state index contributed by atoms with van der Waals surface area (Å²) in [4.78, 5) is 13.6. The summed E-state index contributed by atoms with van der Waals surface area (Å²) >= 11 is 0. The Kier molecular flexibility index (Phi) is 12.3. The first-order valence-electron chi connectivity index (χ1n) is 20.6. The van der Waals surface area contributed by atoms with E-state index in [0.29, 0.717) is 31.6 Å². The Hall–Kier alpha value is -4.17. The molecule has 55 heavy (non-hydrogen) atoms. The number of unbranched alkanes of at least 4 members (excludes halogenated alkanes) is 3. The van der Waals surface area contributed by atoms with Gasteiger partial charge in [-0.15, -0.1) is 0 Å². The zero-order chi connectivity index (χ0) is 38.5. The van der Waals surface area contributed by atoms with Gasteiger partial charge in [-0.05, 0) is 121 Å². The maximum Gasteiger partial charge on any atom is 0.308 e. The molecule has 0 radical (unpaired) electrons. The molecule has 0 aromatic heterocycles. The number of hydrogen-bond acceptors (Lipinski definition) is 6. The molecule has 1 spiro atoms. The van der Waals surface area contributed by atoms with Gasteiger partial charge < -0.3 is 30.6 Å². The fraction of sp³-hybridized carbons (Fsp3) is 0.479. The second-order valence-electron chi connectivity index (χ2n) is 16.9. The molecule has 0 heterocycles. The van der Waals surface area contributed by atoms with E-state index in [4.69, 9.17) is 0 Å². The van der Waals surface area contributed by atoms with Crippen molar-refractivity contribution in [3.8, 4) is 5.75 Å². The van der Waals surface area contributed by atoms with E-state index in [2.05, 4.69) is 24.3 Å². The minimum absolute atomic E-state index is 0.0471. The zero-order valence-electron chi connectivity index (χ0n) is 31.8. The second-order valence-corrected chi connectivity index (χ2v) is 16.9. The lowest BCUT2D eigenvalue weighted by Gasteiger charge is -2.50. The number of aromatic hydroxyl groups is 1. The largest absolute Gasteiger partial charge is 0.511 e. The first-order valence-corrected chi connectivity index (χ1v) is 20.6. The predicted molar refractivity (Wildman–Crippen MR) is 215 cm³/mol. The number of carboxylic acid groups (broad SMARTS) is 1. The van der Waals surface area contributed by atoms with Crippen molar-refractivity contribution >= 4 is 17.8 Å². The lowest BCUT2D eigenvalue weighted by Crippen LogP contribution is -2.52. The highest BCUT2D eigenvalue weighted by Crippen LogP contribution is 2.54. The summed E-state index contributed by atoms with van der Waals surface area (Å²) in [6.45, 7) is 0.174. The summed E-state index contributed by atoms with van der Waals surface area (Å²) in [5.74, 6) is -2.14. The van der Waals surface area contributed by atoms with E-state index in [-0.39, 0.29) is 41.8 Å². The lowest BCUT2D eigenvalue weighted by molar-refractivity contribution is -0.158. The van der Waals surface area contributed by atoms with Gasteiger partial charge >= 0.3 is 5.97 Å². The van der Waals surface area contributed by atoms with E-state index in [1.165, 1.54) is 5.57 Å². The van der Waals surface area contributed by atoms with Crippen molar-refractivity contribution in [3.05, 3.63) is 124 Å². The number of aliphatic hydroxyl groups is 4. The van der Waals surface area contributed by atoms with Crippen LogP contribution in [0.25, 0.3) is 11.8 Å². The van der Waals surface area contributed by atoms with Crippen molar-refractivity contribution in [2.24, 2.45) is 35.5 Å².